The second kappa shape index (κ2) is 12.2. The number of rotatable bonds is 10. The van der Waals surface area contributed by atoms with Gasteiger partial charge in [-0.25, -0.2) is 4.39 Å². The third-order valence-corrected chi connectivity index (χ3v) is 9.14. The summed E-state index contributed by atoms with van der Waals surface area (Å²) in [6, 6.07) is 4.30. The van der Waals surface area contributed by atoms with Crippen molar-refractivity contribution in [3.8, 4) is 5.75 Å². The first-order valence-electron chi connectivity index (χ1n) is 12.5. The van der Waals surface area contributed by atoms with Gasteiger partial charge in [0.05, 0.1) is 16.1 Å². The van der Waals surface area contributed by atoms with Gasteiger partial charge in [0.15, 0.2) is 17.4 Å². The molecule has 3 rings (SSSR count). The van der Waals surface area contributed by atoms with E-state index in [1.54, 1.807) is 19.1 Å². The summed E-state index contributed by atoms with van der Waals surface area (Å²) < 4.78 is 33.6. The molecule has 1 aromatic rings. The van der Waals surface area contributed by atoms with Crippen molar-refractivity contribution in [2.45, 2.75) is 96.9 Å². The largest absolute Gasteiger partial charge is 0.491 e. The van der Waals surface area contributed by atoms with Gasteiger partial charge in [-0.15, -0.1) is 0 Å². The van der Waals surface area contributed by atoms with Crippen LogP contribution in [0.1, 0.15) is 90.9 Å². The number of hydrogen-bond donors (Lipinski definition) is 0. The molecule has 0 atom stereocenters. The first kappa shape index (κ1) is 23.8. The molecule has 2 saturated carbocycles. The molecule has 0 N–H and O–H groups in total. The Hall–Kier alpha value is -0.903. The molecule has 0 aliphatic heterocycles. The highest BCUT2D eigenvalue weighted by Gasteiger charge is 2.30. The van der Waals surface area contributed by atoms with Crippen molar-refractivity contribution >= 4 is 14.7 Å². The Morgan fingerprint density at radius 2 is 1.47 bits per heavy atom. The van der Waals surface area contributed by atoms with Gasteiger partial charge in [-0.1, -0.05) is 70.4 Å². The molecule has 0 aromatic heterocycles. The van der Waals surface area contributed by atoms with Gasteiger partial charge in [-0.2, -0.15) is 4.39 Å². The molecule has 1 nitrogen and oxygen atoms in total. The van der Waals surface area contributed by atoms with Crippen LogP contribution in [0.4, 0.5) is 8.78 Å². The van der Waals surface area contributed by atoms with E-state index >= 15 is 0 Å². The normalized spacial score (nSPS) is 27.2. The number of unbranched alkanes of at least 4 members (excludes halogenated alkanes) is 2. The third kappa shape index (κ3) is 6.55. The molecule has 0 heterocycles. The SMILES string of the molecule is CCCCCC1CCC(C2CCC(C[Si]c3ccc(OCC)c(F)c3F)CC2)CC1. The highest BCUT2D eigenvalue weighted by atomic mass is 28.2. The van der Waals surface area contributed by atoms with Gasteiger partial charge in [0.2, 0.25) is 0 Å². The summed E-state index contributed by atoms with van der Waals surface area (Å²) in [5.41, 5.74) is 0. The standard InChI is InChI=1S/C26H40F2OSi/c1-3-5-6-7-19-8-12-21(13-9-19)22-14-10-20(11-15-22)18-30-24-17-16-23(29-4-2)25(27)26(24)28/h16-17,19-22H,3-15,18H2,1-2H3. The van der Waals surface area contributed by atoms with E-state index in [4.69, 9.17) is 4.74 Å². The number of ether oxygens (including phenoxy) is 1. The Bertz CT molecular complexity index is 634. The van der Waals surface area contributed by atoms with Crippen LogP contribution in [0.2, 0.25) is 6.04 Å². The lowest BCUT2D eigenvalue weighted by molar-refractivity contribution is 0.146. The lowest BCUT2D eigenvalue weighted by Gasteiger charge is -2.38. The first-order chi connectivity index (χ1) is 14.6. The maximum atomic E-state index is 14.3. The van der Waals surface area contributed by atoms with E-state index in [1.165, 1.54) is 77.0 Å². The van der Waals surface area contributed by atoms with Crippen LogP contribution in [0, 0.1) is 35.3 Å². The third-order valence-electron chi connectivity index (χ3n) is 7.59. The lowest BCUT2D eigenvalue weighted by atomic mass is 9.69. The Labute approximate surface area is 185 Å². The molecule has 2 radical (unpaired) electrons. The molecule has 2 aliphatic carbocycles. The Kier molecular flexibility index (Phi) is 9.67. The summed E-state index contributed by atoms with van der Waals surface area (Å²) in [5.74, 6) is 2.05. The molecule has 0 unspecified atom stereocenters. The maximum absolute atomic E-state index is 14.3. The summed E-state index contributed by atoms with van der Waals surface area (Å²) in [4.78, 5) is 0. The van der Waals surface area contributed by atoms with Crippen LogP contribution in [-0.2, 0) is 0 Å². The number of benzene rings is 1. The summed E-state index contributed by atoms with van der Waals surface area (Å²) in [7, 11) is 0.353. The molecule has 0 amide bonds. The van der Waals surface area contributed by atoms with Gasteiger partial charge in [0, 0.05) is 0 Å². The van der Waals surface area contributed by atoms with Crippen molar-refractivity contribution in [1.29, 1.82) is 0 Å². The summed E-state index contributed by atoms with van der Waals surface area (Å²) in [6.45, 7) is 4.42. The van der Waals surface area contributed by atoms with Crippen molar-refractivity contribution in [3.05, 3.63) is 23.8 Å². The topological polar surface area (TPSA) is 9.23 Å². The number of halogens is 2. The van der Waals surface area contributed by atoms with E-state index < -0.39 is 11.6 Å². The van der Waals surface area contributed by atoms with Crippen molar-refractivity contribution in [2.24, 2.45) is 23.7 Å². The van der Waals surface area contributed by atoms with Crippen LogP contribution in [0.3, 0.4) is 0 Å². The molecule has 1 aromatic carbocycles. The van der Waals surface area contributed by atoms with Gasteiger partial charge < -0.3 is 4.74 Å². The van der Waals surface area contributed by atoms with Gasteiger partial charge in [0.1, 0.15) is 0 Å². The summed E-state index contributed by atoms with van der Waals surface area (Å²) in [6.07, 6.45) is 16.7. The molecule has 0 bridgehead atoms. The lowest BCUT2D eigenvalue weighted by Crippen LogP contribution is -2.28. The minimum atomic E-state index is -0.823. The van der Waals surface area contributed by atoms with Gasteiger partial charge in [-0.05, 0) is 67.5 Å². The molecule has 2 fully saturated rings. The zero-order valence-corrected chi connectivity index (χ0v) is 20.0. The van der Waals surface area contributed by atoms with Gasteiger partial charge in [-0.3, -0.25) is 0 Å². The van der Waals surface area contributed by atoms with Crippen LogP contribution in [0.15, 0.2) is 12.1 Å². The van der Waals surface area contributed by atoms with E-state index in [9.17, 15) is 8.78 Å². The monoisotopic (exact) mass is 434 g/mol. The summed E-state index contributed by atoms with van der Waals surface area (Å²) in [5, 5.41) is 0.527. The fourth-order valence-electron chi connectivity index (χ4n) is 5.68. The predicted octanol–water partition coefficient (Wildman–Crippen LogP) is 7.30. The van der Waals surface area contributed by atoms with Crippen molar-refractivity contribution in [1.82, 2.24) is 0 Å². The molecule has 4 heteroatoms. The second-order valence-electron chi connectivity index (χ2n) is 9.61. The molecule has 0 spiro atoms. The molecule has 30 heavy (non-hydrogen) atoms. The van der Waals surface area contributed by atoms with Crippen LogP contribution in [0.5, 0.6) is 5.75 Å². The Balaban J connectivity index is 1.38. The zero-order chi connectivity index (χ0) is 21.3. The van der Waals surface area contributed by atoms with E-state index in [-0.39, 0.29) is 5.75 Å². The second-order valence-corrected chi connectivity index (χ2v) is 10.9. The molecule has 2 aliphatic rings. The first-order valence-corrected chi connectivity index (χ1v) is 13.7. The average Bonchev–Trinajstić information content (AvgIpc) is 2.78. The zero-order valence-electron chi connectivity index (χ0n) is 19.0. The maximum Gasteiger partial charge on any atom is 0.200 e. The molecule has 0 saturated heterocycles. The predicted molar refractivity (Wildman–Crippen MR) is 123 cm³/mol. The highest BCUT2D eigenvalue weighted by molar-refractivity contribution is 6.53. The van der Waals surface area contributed by atoms with Crippen molar-refractivity contribution in [2.75, 3.05) is 6.61 Å². The summed E-state index contributed by atoms with van der Waals surface area (Å²) >= 11 is 0. The van der Waals surface area contributed by atoms with Crippen LogP contribution in [0.25, 0.3) is 0 Å². The molecular formula is C26H40F2OSi. The molecular weight excluding hydrogens is 394 g/mol. The minimum Gasteiger partial charge on any atom is -0.491 e. The van der Waals surface area contributed by atoms with Crippen LogP contribution in [-0.4, -0.2) is 16.1 Å². The Morgan fingerprint density at radius 3 is 2.07 bits per heavy atom. The van der Waals surface area contributed by atoms with Gasteiger partial charge in [0.25, 0.3) is 0 Å². The quantitative estimate of drug-likeness (QED) is 0.277. The van der Waals surface area contributed by atoms with Crippen molar-refractivity contribution < 1.29 is 13.5 Å². The van der Waals surface area contributed by atoms with E-state index in [2.05, 4.69) is 6.92 Å². The van der Waals surface area contributed by atoms with E-state index in [1.807, 2.05) is 0 Å². The van der Waals surface area contributed by atoms with Gasteiger partial charge >= 0.3 is 0 Å². The fourth-order valence-corrected chi connectivity index (χ4v) is 7.07. The fraction of sp³-hybridized carbons (Fsp3) is 0.769. The smallest absolute Gasteiger partial charge is 0.200 e. The average molecular weight is 435 g/mol. The minimum absolute atomic E-state index is 0.0316. The van der Waals surface area contributed by atoms with E-state index in [0.717, 1.165) is 23.8 Å². The number of hydrogen-bond acceptors (Lipinski definition) is 1. The molecule has 168 valence electrons. The van der Waals surface area contributed by atoms with Crippen molar-refractivity contribution in [3.63, 3.8) is 0 Å². The van der Waals surface area contributed by atoms with Crippen LogP contribution >= 0.6 is 0 Å². The van der Waals surface area contributed by atoms with Crippen LogP contribution < -0.4 is 9.92 Å². The van der Waals surface area contributed by atoms with E-state index in [0.29, 0.717) is 27.2 Å². The Morgan fingerprint density at radius 1 is 0.833 bits per heavy atom. The highest BCUT2D eigenvalue weighted by Crippen LogP contribution is 2.42.